The monoisotopic (exact) mass is 269 g/mol. The third-order valence-corrected chi connectivity index (χ3v) is 3.97. The van der Waals surface area contributed by atoms with Crippen molar-refractivity contribution in [2.75, 3.05) is 26.8 Å². The molecule has 1 aromatic rings. The molecule has 0 radical (unpaired) electrons. The van der Waals surface area contributed by atoms with Crippen LogP contribution >= 0.6 is 0 Å². The first kappa shape index (κ1) is 14.4. The molecule has 0 aliphatic heterocycles. The van der Waals surface area contributed by atoms with Gasteiger partial charge in [-0.05, 0) is 48.4 Å². The number of ether oxygens (including phenoxy) is 1. The maximum Gasteiger partial charge on any atom is 0.126 e. The van der Waals surface area contributed by atoms with Crippen LogP contribution in [-0.4, -0.2) is 26.8 Å². The third-order valence-electron chi connectivity index (χ3n) is 3.97. The van der Waals surface area contributed by atoms with E-state index in [2.05, 4.69) is 5.32 Å². The Labute approximate surface area is 113 Å². The second-order valence-corrected chi connectivity index (χ2v) is 5.44. The Morgan fingerprint density at radius 1 is 1.32 bits per heavy atom. The van der Waals surface area contributed by atoms with E-state index in [0.29, 0.717) is 18.6 Å². The summed E-state index contributed by atoms with van der Waals surface area (Å²) in [6.07, 6.45) is 3.92. The summed E-state index contributed by atoms with van der Waals surface area (Å²) >= 11 is 0. The molecule has 1 N–H and O–H groups in total. The Bertz CT molecular complexity index is 419. The molecule has 1 saturated carbocycles. The van der Waals surface area contributed by atoms with Gasteiger partial charge in [-0.25, -0.2) is 8.78 Å². The van der Waals surface area contributed by atoms with Gasteiger partial charge in [0, 0.05) is 20.2 Å². The fourth-order valence-corrected chi connectivity index (χ4v) is 2.70. The van der Waals surface area contributed by atoms with Gasteiger partial charge in [0.2, 0.25) is 0 Å². The Kier molecular flexibility index (Phi) is 4.88. The molecule has 4 heteroatoms. The van der Waals surface area contributed by atoms with Gasteiger partial charge in [-0.3, -0.25) is 0 Å². The Morgan fingerprint density at radius 3 is 2.74 bits per heavy atom. The van der Waals surface area contributed by atoms with E-state index in [4.69, 9.17) is 4.74 Å². The standard InChI is InChI=1S/C15H21F2NO/c1-19-8-7-18-11-15(5-2-6-15)10-12-9-13(16)3-4-14(12)17/h3-4,9,18H,2,5-8,10-11H2,1H3. The van der Waals surface area contributed by atoms with Gasteiger partial charge in [0.25, 0.3) is 0 Å². The molecule has 0 atom stereocenters. The summed E-state index contributed by atoms with van der Waals surface area (Å²) in [5.74, 6) is -0.664. The van der Waals surface area contributed by atoms with Crippen molar-refractivity contribution in [3.63, 3.8) is 0 Å². The molecule has 2 rings (SSSR count). The number of hydrogen-bond acceptors (Lipinski definition) is 2. The molecule has 19 heavy (non-hydrogen) atoms. The second-order valence-electron chi connectivity index (χ2n) is 5.44. The summed E-state index contributed by atoms with van der Waals surface area (Å²) in [5.41, 5.74) is 0.579. The van der Waals surface area contributed by atoms with Crippen LogP contribution in [0.1, 0.15) is 24.8 Å². The van der Waals surface area contributed by atoms with Crippen LogP contribution in [-0.2, 0) is 11.2 Å². The predicted octanol–water partition coefficient (Wildman–Crippen LogP) is 2.91. The van der Waals surface area contributed by atoms with Crippen LogP contribution < -0.4 is 5.32 Å². The fraction of sp³-hybridized carbons (Fsp3) is 0.600. The molecule has 106 valence electrons. The van der Waals surface area contributed by atoms with Crippen molar-refractivity contribution in [3.05, 3.63) is 35.4 Å². The molecule has 0 amide bonds. The minimum Gasteiger partial charge on any atom is -0.383 e. The van der Waals surface area contributed by atoms with Crippen molar-refractivity contribution in [2.45, 2.75) is 25.7 Å². The Morgan fingerprint density at radius 2 is 2.11 bits per heavy atom. The van der Waals surface area contributed by atoms with Crippen molar-refractivity contribution < 1.29 is 13.5 Å². The third kappa shape index (κ3) is 3.74. The van der Waals surface area contributed by atoms with E-state index >= 15 is 0 Å². The van der Waals surface area contributed by atoms with Gasteiger partial charge < -0.3 is 10.1 Å². The highest BCUT2D eigenvalue weighted by Gasteiger charge is 2.37. The topological polar surface area (TPSA) is 21.3 Å². The van der Waals surface area contributed by atoms with Crippen molar-refractivity contribution >= 4 is 0 Å². The maximum absolute atomic E-state index is 13.7. The molecule has 0 bridgehead atoms. The lowest BCUT2D eigenvalue weighted by molar-refractivity contribution is 0.121. The van der Waals surface area contributed by atoms with Crippen LogP contribution in [0, 0.1) is 17.0 Å². The Balaban J connectivity index is 1.96. The summed E-state index contributed by atoms with van der Waals surface area (Å²) < 4.78 is 31.9. The fourth-order valence-electron chi connectivity index (χ4n) is 2.70. The predicted molar refractivity (Wildman–Crippen MR) is 71.1 cm³/mol. The smallest absolute Gasteiger partial charge is 0.126 e. The average Bonchev–Trinajstić information content (AvgIpc) is 2.35. The van der Waals surface area contributed by atoms with Crippen LogP contribution in [0.4, 0.5) is 8.78 Å². The molecule has 1 aromatic carbocycles. The van der Waals surface area contributed by atoms with Gasteiger partial charge in [0.15, 0.2) is 0 Å². The second kappa shape index (κ2) is 6.44. The largest absolute Gasteiger partial charge is 0.383 e. The highest BCUT2D eigenvalue weighted by atomic mass is 19.1. The van der Waals surface area contributed by atoms with E-state index in [-0.39, 0.29) is 17.0 Å². The molecule has 0 saturated heterocycles. The summed E-state index contributed by atoms with van der Waals surface area (Å²) in [6.45, 7) is 2.31. The zero-order valence-electron chi connectivity index (χ0n) is 11.3. The molecule has 0 aromatic heterocycles. The molecule has 1 aliphatic rings. The van der Waals surface area contributed by atoms with Crippen LogP contribution in [0.25, 0.3) is 0 Å². The van der Waals surface area contributed by atoms with Gasteiger partial charge in [-0.15, -0.1) is 0 Å². The number of halogens is 2. The SMILES string of the molecule is COCCNCC1(Cc2cc(F)ccc2F)CCC1. The molecule has 2 nitrogen and oxygen atoms in total. The van der Waals surface area contributed by atoms with Crippen LogP contribution in [0.3, 0.4) is 0 Å². The van der Waals surface area contributed by atoms with Crippen molar-refractivity contribution in [2.24, 2.45) is 5.41 Å². The first-order valence-electron chi connectivity index (χ1n) is 6.79. The summed E-state index contributed by atoms with van der Waals surface area (Å²) in [5, 5.41) is 3.34. The number of hydrogen-bond donors (Lipinski definition) is 1. The van der Waals surface area contributed by atoms with E-state index in [0.717, 1.165) is 25.9 Å². The van der Waals surface area contributed by atoms with E-state index in [1.54, 1.807) is 7.11 Å². The molecule has 0 unspecified atom stereocenters. The first-order valence-corrected chi connectivity index (χ1v) is 6.79. The van der Waals surface area contributed by atoms with E-state index < -0.39 is 0 Å². The van der Waals surface area contributed by atoms with Crippen LogP contribution in [0.5, 0.6) is 0 Å². The van der Waals surface area contributed by atoms with Gasteiger partial charge in [0.05, 0.1) is 6.61 Å². The van der Waals surface area contributed by atoms with E-state index in [9.17, 15) is 8.78 Å². The van der Waals surface area contributed by atoms with Crippen molar-refractivity contribution in [3.8, 4) is 0 Å². The first-order chi connectivity index (χ1) is 9.15. The van der Waals surface area contributed by atoms with E-state index in [1.807, 2.05) is 0 Å². The van der Waals surface area contributed by atoms with Crippen LogP contribution in [0.15, 0.2) is 18.2 Å². The molecule has 1 aliphatic carbocycles. The van der Waals surface area contributed by atoms with Crippen LogP contribution in [0.2, 0.25) is 0 Å². The van der Waals surface area contributed by atoms with Crippen molar-refractivity contribution in [1.82, 2.24) is 5.32 Å². The van der Waals surface area contributed by atoms with E-state index in [1.165, 1.54) is 24.6 Å². The van der Waals surface area contributed by atoms with Gasteiger partial charge >= 0.3 is 0 Å². The quantitative estimate of drug-likeness (QED) is 0.768. The lowest BCUT2D eigenvalue weighted by Gasteiger charge is -2.42. The molecular formula is C15H21F2NO. The summed E-state index contributed by atoms with van der Waals surface area (Å²) in [6, 6.07) is 3.71. The number of benzene rings is 1. The number of rotatable bonds is 7. The lowest BCUT2D eigenvalue weighted by atomic mass is 9.65. The van der Waals surface area contributed by atoms with Crippen molar-refractivity contribution in [1.29, 1.82) is 0 Å². The highest BCUT2D eigenvalue weighted by Crippen LogP contribution is 2.43. The number of methoxy groups -OCH3 is 1. The summed E-state index contributed by atoms with van der Waals surface area (Å²) in [4.78, 5) is 0. The molecule has 0 heterocycles. The molecular weight excluding hydrogens is 248 g/mol. The minimum atomic E-state index is -0.363. The molecule has 0 spiro atoms. The summed E-state index contributed by atoms with van der Waals surface area (Å²) in [7, 11) is 1.67. The zero-order valence-corrected chi connectivity index (χ0v) is 11.3. The zero-order chi connectivity index (χ0) is 13.7. The molecule has 1 fully saturated rings. The highest BCUT2D eigenvalue weighted by molar-refractivity contribution is 5.21. The average molecular weight is 269 g/mol. The normalized spacial score (nSPS) is 17.2. The van der Waals surface area contributed by atoms with Gasteiger partial charge in [0.1, 0.15) is 11.6 Å². The minimum absolute atomic E-state index is 0.0857. The number of nitrogens with one attached hydrogen (secondary N) is 1. The Hall–Kier alpha value is -1.00. The maximum atomic E-state index is 13.7. The van der Waals surface area contributed by atoms with Gasteiger partial charge in [-0.1, -0.05) is 6.42 Å². The lowest BCUT2D eigenvalue weighted by Crippen LogP contribution is -2.42. The van der Waals surface area contributed by atoms with Gasteiger partial charge in [-0.2, -0.15) is 0 Å².